The van der Waals surface area contributed by atoms with Gasteiger partial charge in [0.05, 0.1) is 18.8 Å². The van der Waals surface area contributed by atoms with Crippen LogP contribution in [0, 0.1) is 11.3 Å². The molecule has 5 heteroatoms. The Morgan fingerprint density at radius 2 is 1.88 bits per heavy atom. The number of aryl methyl sites for hydroxylation is 1. The highest BCUT2D eigenvalue weighted by Gasteiger charge is 2.20. The second kappa shape index (κ2) is 7.38. The van der Waals surface area contributed by atoms with E-state index in [1.807, 2.05) is 6.21 Å². The molecule has 0 spiro atoms. The Bertz CT molecular complexity index is 811. The van der Waals surface area contributed by atoms with Crippen molar-refractivity contribution in [3.63, 3.8) is 0 Å². The molecule has 0 saturated carbocycles. The predicted molar refractivity (Wildman–Crippen MR) is 102 cm³/mol. The second-order valence-corrected chi connectivity index (χ2v) is 7.54. The van der Waals surface area contributed by atoms with Crippen molar-refractivity contribution in [1.82, 2.24) is 0 Å². The Morgan fingerprint density at radius 1 is 1.12 bits per heavy atom. The van der Waals surface area contributed by atoms with E-state index < -0.39 is 0 Å². The van der Waals surface area contributed by atoms with E-state index in [-0.39, 0.29) is 0 Å². The molecule has 2 aromatic rings. The van der Waals surface area contributed by atoms with Gasteiger partial charge in [-0.2, -0.15) is 5.26 Å². The number of nitrogens with zero attached hydrogens (tertiary/aromatic N) is 3. The first kappa shape index (κ1) is 16.3. The van der Waals surface area contributed by atoms with Gasteiger partial charge in [-0.1, -0.05) is 12.1 Å². The van der Waals surface area contributed by atoms with Crippen molar-refractivity contribution < 1.29 is 4.74 Å². The lowest BCUT2D eigenvalue weighted by molar-refractivity contribution is 0.122. The molecule has 0 bridgehead atoms. The number of benzene rings is 1. The monoisotopic (exact) mass is 351 g/mol. The highest BCUT2D eigenvalue weighted by atomic mass is 32.1. The van der Waals surface area contributed by atoms with Crippen LogP contribution in [0.1, 0.15) is 34.4 Å². The molecule has 1 saturated heterocycles. The first-order valence-electron chi connectivity index (χ1n) is 8.86. The summed E-state index contributed by atoms with van der Waals surface area (Å²) >= 11 is 1.69. The zero-order valence-corrected chi connectivity index (χ0v) is 15.0. The predicted octanol–water partition coefficient (Wildman–Crippen LogP) is 4.09. The molecule has 0 N–H and O–H groups in total. The molecule has 1 aromatic heterocycles. The topological polar surface area (TPSA) is 48.6 Å². The summed E-state index contributed by atoms with van der Waals surface area (Å²) in [6.45, 7) is 3.48. The quantitative estimate of drug-likeness (QED) is 0.783. The first-order chi connectivity index (χ1) is 12.3. The van der Waals surface area contributed by atoms with Crippen LogP contribution in [-0.2, 0) is 17.6 Å². The van der Waals surface area contributed by atoms with Crippen LogP contribution in [0.25, 0.3) is 0 Å². The Morgan fingerprint density at radius 3 is 2.64 bits per heavy atom. The third kappa shape index (κ3) is 3.46. The molecular weight excluding hydrogens is 330 g/mol. The van der Waals surface area contributed by atoms with Crippen LogP contribution in [0.5, 0.6) is 0 Å². The molecule has 0 radical (unpaired) electrons. The average Bonchev–Trinajstić information content (AvgIpc) is 3.05. The minimum Gasteiger partial charge on any atom is -0.378 e. The van der Waals surface area contributed by atoms with E-state index in [0.29, 0.717) is 0 Å². The van der Waals surface area contributed by atoms with Crippen LogP contribution in [0.3, 0.4) is 0 Å². The molecule has 128 valence electrons. The lowest BCUT2D eigenvalue weighted by atomic mass is 9.96. The number of ether oxygens (including phenoxy) is 1. The molecule has 0 atom stereocenters. The fourth-order valence-corrected chi connectivity index (χ4v) is 4.67. The third-order valence-corrected chi connectivity index (χ3v) is 6.06. The number of aliphatic imine (C=N–C) groups is 1. The lowest BCUT2D eigenvalue weighted by Gasteiger charge is -2.28. The van der Waals surface area contributed by atoms with Gasteiger partial charge in [-0.05, 0) is 48.9 Å². The zero-order valence-electron chi connectivity index (χ0n) is 14.2. The Labute approximate surface area is 152 Å². The summed E-state index contributed by atoms with van der Waals surface area (Å²) in [5.41, 5.74) is 4.33. The normalized spacial score (nSPS) is 17.5. The molecule has 0 amide bonds. The van der Waals surface area contributed by atoms with E-state index in [2.05, 4.69) is 40.2 Å². The van der Waals surface area contributed by atoms with Gasteiger partial charge in [0.2, 0.25) is 0 Å². The SMILES string of the molecule is N#Cc1c(/N=C/c2ccc(N3CCOCC3)cc2)sc2c1CCCC2. The molecule has 25 heavy (non-hydrogen) atoms. The van der Waals surface area contributed by atoms with E-state index in [9.17, 15) is 5.26 Å². The molecule has 4 nitrogen and oxygen atoms in total. The molecule has 2 aliphatic rings. The molecular formula is C20H21N3OS. The maximum Gasteiger partial charge on any atom is 0.134 e. The minimum absolute atomic E-state index is 0.792. The lowest BCUT2D eigenvalue weighted by Crippen LogP contribution is -2.36. The smallest absolute Gasteiger partial charge is 0.134 e. The Kier molecular flexibility index (Phi) is 4.82. The molecule has 1 aromatic carbocycles. The average molecular weight is 351 g/mol. The highest BCUT2D eigenvalue weighted by molar-refractivity contribution is 7.16. The number of thiophene rings is 1. The van der Waals surface area contributed by atoms with Crippen LogP contribution in [0.4, 0.5) is 10.7 Å². The summed E-state index contributed by atoms with van der Waals surface area (Å²) in [5.74, 6) is 0. The van der Waals surface area contributed by atoms with Gasteiger partial charge in [-0.25, -0.2) is 4.99 Å². The van der Waals surface area contributed by atoms with E-state index in [0.717, 1.165) is 55.3 Å². The number of morpholine rings is 1. The van der Waals surface area contributed by atoms with Crippen LogP contribution in [-0.4, -0.2) is 32.5 Å². The third-order valence-electron chi connectivity index (χ3n) is 4.86. The van der Waals surface area contributed by atoms with Crippen LogP contribution >= 0.6 is 11.3 Å². The fourth-order valence-electron chi connectivity index (χ4n) is 3.48. The fraction of sp³-hybridized carbons (Fsp3) is 0.400. The van der Waals surface area contributed by atoms with E-state index >= 15 is 0 Å². The number of rotatable bonds is 3. The van der Waals surface area contributed by atoms with Crippen molar-refractivity contribution >= 4 is 28.2 Å². The van der Waals surface area contributed by atoms with E-state index in [1.54, 1.807) is 11.3 Å². The number of hydrogen-bond acceptors (Lipinski definition) is 5. The number of anilines is 1. The number of hydrogen-bond donors (Lipinski definition) is 0. The van der Waals surface area contributed by atoms with Gasteiger partial charge in [0.25, 0.3) is 0 Å². The maximum absolute atomic E-state index is 9.51. The zero-order chi connectivity index (χ0) is 17.1. The summed E-state index contributed by atoms with van der Waals surface area (Å²) in [5, 5.41) is 10.4. The van der Waals surface area contributed by atoms with Crippen molar-refractivity contribution in [3.8, 4) is 6.07 Å². The molecule has 4 rings (SSSR count). The molecule has 1 fully saturated rings. The van der Waals surface area contributed by atoms with E-state index in [1.165, 1.54) is 29.0 Å². The van der Waals surface area contributed by atoms with Gasteiger partial charge in [-0.3, -0.25) is 0 Å². The summed E-state index contributed by atoms with van der Waals surface area (Å²) < 4.78 is 5.40. The highest BCUT2D eigenvalue weighted by Crippen LogP contribution is 2.39. The van der Waals surface area contributed by atoms with Gasteiger partial charge in [0.1, 0.15) is 11.1 Å². The Hall–Kier alpha value is -2.16. The van der Waals surface area contributed by atoms with E-state index in [4.69, 9.17) is 4.74 Å². The van der Waals surface area contributed by atoms with Gasteiger partial charge in [0.15, 0.2) is 0 Å². The van der Waals surface area contributed by atoms with Crippen molar-refractivity contribution in [2.45, 2.75) is 25.7 Å². The standard InChI is InChI=1S/C20H21N3OS/c21-13-18-17-3-1-2-4-19(17)25-20(18)22-14-15-5-7-16(8-6-15)23-9-11-24-12-10-23/h5-8,14H,1-4,9-12H2/b22-14+. The molecule has 2 heterocycles. The second-order valence-electron chi connectivity index (χ2n) is 6.45. The van der Waals surface area contributed by atoms with Crippen LogP contribution in [0.15, 0.2) is 29.3 Å². The summed E-state index contributed by atoms with van der Waals surface area (Å²) in [4.78, 5) is 8.33. The van der Waals surface area contributed by atoms with Crippen molar-refractivity contribution in [1.29, 1.82) is 5.26 Å². The number of nitriles is 1. The minimum atomic E-state index is 0.792. The van der Waals surface area contributed by atoms with Gasteiger partial charge in [0, 0.05) is 29.9 Å². The van der Waals surface area contributed by atoms with Crippen molar-refractivity contribution in [2.75, 3.05) is 31.2 Å². The van der Waals surface area contributed by atoms with Gasteiger partial charge in [-0.15, -0.1) is 11.3 Å². The molecule has 1 aliphatic carbocycles. The van der Waals surface area contributed by atoms with Crippen molar-refractivity contribution in [3.05, 3.63) is 45.8 Å². The van der Waals surface area contributed by atoms with Gasteiger partial charge >= 0.3 is 0 Å². The summed E-state index contributed by atoms with van der Waals surface area (Å²) in [6.07, 6.45) is 6.41. The van der Waals surface area contributed by atoms with Crippen LogP contribution in [0.2, 0.25) is 0 Å². The van der Waals surface area contributed by atoms with Crippen molar-refractivity contribution in [2.24, 2.45) is 4.99 Å². The molecule has 1 aliphatic heterocycles. The molecule has 0 unspecified atom stereocenters. The summed E-state index contributed by atoms with van der Waals surface area (Å²) in [6, 6.07) is 10.8. The largest absolute Gasteiger partial charge is 0.378 e. The summed E-state index contributed by atoms with van der Waals surface area (Å²) in [7, 11) is 0. The number of fused-ring (bicyclic) bond motifs is 1. The Balaban J connectivity index is 1.52. The van der Waals surface area contributed by atoms with Gasteiger partial charge < -0.3 is 9.64 Å². The first-order valence-corrected chi connectivity index (χ1v) is 9.68. The van der Waals surface area contributed by atoms with Crippen LogP contribution < -0.4 is 4.90 Å². The maximum atomic E-state index is 9.51.